The third-order valence-corrected chi connectivity index (χ3v) is 3.90. The van der Waals surface area contributed by atoms with E-state index in [1.807, 2.05) is 24.3 Å². The number of carbonyl (C=O) groups is 2. The second-order valence-electron chi connectivity index (χ2n) is 5.11. The molecule has 0 spiro atoms. The molecule has 1 heterocycles. The summed E-state index contributed by atoms with van der Waals surface area (Å²) in [5.41, 5.74) is 0.771. The number of halogens is 1. The van der Waals surface area contributed by atoms with Crippen molar-refractivity contribution < 1.29 is 19.4 Å². The third-order valence-electron chi connectivity index (χ3n) is 3.40. The van der Waals surface area contributed by atoms with Crippen molar-refractivity contribution in [2.75, 3.05) is 6.61 Å². The fraction of sp³-hybridized carbons (Fsp3) is 0.467. The molecule has 0 aliphatic carbocycles. The van der Waals surface area contributed by atoms with Gasteiger partial charge in [-0.3, -0.25) is 9.59 Å². The predicted molar refractivity (Wildman–Crippen MR) is 80.9 cm³/mol. The van der Waals surface area contributed by atoms with E-state index < -0.39 is 12.0 Å². The maximum atomic E-state index is 12.1. The summed E-state index contributed by atoms with van der Waals surface area (Å²) in [5.74, 6) is -1.12. The first kappa shape index (κ1) is 16.0. The Hall–Kier alpha value is -1.40. The minimum atomic E-state index is -0.947. The predicted octanol–water partition coefficient (Wildman–Crippen LogP) is 2.65. The van der Waals surface area contributed by atoms with Gasteiger partial charge in [0, 0.05) is 11.1 Å². The highest BCUT2D eigenvalue weighted by Gasteiger charge is 2.23. The van der Waals surface area contributed by atoms with Gasteiger partial charge in [-0.25, -0.2) is 0 Å². The van der Waals surface area contributed by atoms with Crippen LogP contribution in [0.25, 0.3) is 0 Å². The number of nitrogens with one attached hydrogen (secondary N) is 1. The van der Waals surface area contributed by atoms with Crippen LogP contribution in [0.3, 0.4) is 0 Å². The lowest BCUT2D eigenvalue weighted by Crippen LogP contribution is -2.32. The van der Waals surface area contributed by atoms with Crippen LogP contribution in [-0.4, -0.2) is 29.7 Å². The van der Waals surface area contributed by atoms with Crippen molar-refractivity contribution in [3.8, 4) is 0 Å². The number of ether oxygens (including phenoxy) is 1. The molecule has 1 fully saturated rings. The Kier molecular flexibility index (Phi) is 5.76. The molecule has 2 atom stereocenters. The van der Waals surface area contributed by atoms with Crippen LogP contribution in [0.15, 0.2) is 28.7 Å². The summed E-state index contributed by atoms with van der Waals surface area (Å²) in [5, 5.41) is 11.8. The van der Waals surface area contributed by atoms with E-state index in [0.717, 1.165) is 22.9 Å². The van der Waals surface area contributed by atoms with Crippen molar-refractivity contribution in [1.82, 2.24) is 5.32 Å². The monoisotopic (exact) mass is 355 g/mol. The summed E-state index contributed by atoms with van der Waals surface area (Å²) < 4.78 is 6.28. The summed E-state index contributed by atoms with van der Waals surface area (Å²) in [6, 6.07) is 6.77. The maximum absolute atomic E-state index is 12.1. The Morgan fingerprint density at radius 2 is 2.29 bits per heavy atom. The number of carboxylic acid groups (broad SMARTS) is 1. The van der Waals surface area contributed by atoms with Gasteiger partial charge in [0.05, 0.1) is 25.0 Å². The Morgan fingerprint density at radius 1 is 1.48 bits per heavy atom. The zero-order valence-corrected chi connectivity index (χ0v) is 13.1. The third kappa shape index (κ3) is 5.13. The van der Waals surface area contributed by atoms with E-state index in [-0.39, 0.29) is 24.9 Å². The topological polar surface area (TPSA) is 75.6 Å². The van der Waals surface area contributed by atoms with Gasteiger partial charge in [0.2, 0.25) is 5.91 Å². The number of rotatable bonds is 6. The number of carboxylic acids is 1. The molecule has 1 saturated heterocycles. The van der Waals surface area contributed by atoms with Crippen molar-refractivity contribution in [3.05, 3.63) is 34.3 Å². The molecule has 1 aromatic carbocycles. The molecular weight excluding hydrogens is 338 g/mol. The minimum absolute atomic E-state index is 0.0435. The van der Waals surface area contributed by atoms with E-state index in [2.05, 4.69) is 21.2 Å². The SMILES string of the molecule is O=C(O)C[C@@H](NC(=O)C[C@@H]1CCCO1)c1cccc(Br)c1. The average molecular weight is 356 g/mol. The summed E-state index contributed by atoms with van der Waals surface area (Å²) in [4.78, 5) is 23.1. The van der Waals surface area contributed by atoms with E-state index in [1.165, 1.54) is 0 Å². The molecule has 1 aliphatic heterocycles. The van der Waals surface area contributed by atoms with E-state index in [1.54, 1.807) is 0 Å². The van der Waals surface area contributed by atoms with Gasteiger partial charge in [-0.1, -0.05) is 28.1 Å². The molecule has 0 saturated carbocycles. The molecule has 114 valence electrons. The number of hydrogen-bond acceptors (Lipinski definition) is 3. The van der Waals surface area contributed by atoms with Crippen molar-refractivity contribution in [2.24, 2.45) is 0 Å². The van der Waals surface area contributed by atoms with Gasteiger partial charge in [-0.15, -0.1) is 0 Å². The Morgan fingerprint density at radius 3 is 2.90 bits per heavy atom. The van der Waals surface area contributed by atoms with E-state index in [4.69, 9.17) is 9.84 Å². The molecule has 6 heteroatoms. The smallest absolute Gasteiger partial charge is 0.305 e. The maximum Gasteiger partial charge on any atom is 0.305 e. The van der Waals surface area contributed by atoms with Gasteiger partial charge >= 0.3 is 5.97 Å². The summed E-state index contributed by atoms with van der Waals surface area (Å²) in [6.07, 6.45) is 1.95. The molecule has 1 aliphatic rings. The molecule has 2 rings (SSSR count). The van der Waals surface area contributed by atoms with Crippen LogP contribution in [0.4, 0.5) is 0 Å². The molecule has 21 heavy (non-hydrogen) atoms. The second kappa shape index (κ2) is 7.56. The van der Waals surface area contributed by atoms with Gasteiger partial charge in [-0.2, -0.15) is 0 Å². The second-order valence-corrected chi connectivity index (χ2v) is 6.03. The van der Waals surface area contributed by atoms with Gasteiger partial charge < -0.3 is 15.2 Å². The van der Waals surface area contributed by atoms with Crippen LogP contribution in [0.5, 0.6) is 0 Å². The first-order valence-electron chi connectivity index (χ1n) is 6.93. The molecule has 1 amide bonds. The van der Waals surface area contributed by atoms with Crippen molar-refractivity contribution in [1.29, 1.82) is 0 Å². The Labute approximate surface area is 131 Å². The molecule has 1 aromatic rings. The molecule has 0 radical (unpaired) electrons. The zero-order chi connectivity index (χ0) is 15.2. The molecule has 5 nitrogen and oxygen atoms in total. The fourth-order valence-corrected chi connectivity index (χ4v) is 2.83. The number of carbonyl (C=O) groups excluding carboxylic acids is 1. The Bertz CT molecular complexity index is 514. The van der Waals surface area contributed by atoms with Crippen LogP contribution in [0.1, 0.15) is 37.3 Å². The molecular formula is C15H18BrNO4. The molecule has 0 aromatic heterocycles. The fourth-order valence-electron chi connectivity index (χ4n) is 2.42. The number of aliphatic carboxylic acids is 1. The lowest BCUT2D eigenvalue weighted by atomic mass is 10.0. The van der Waals surface area contributed by atoms with Crippen molar-refractivity contribution in [2.45, 2.75) is 37.8 Å². The van der Waals surface area contributed by atoms with Crippen molar-refractivity contribution >= 4 is 27.8 Å². The zero-order valence-electron chi connectivity index (χ0n) is 11.5. The number of hydrogen-bond donors (Lipinski definition) is 2. The number of benzene rings is 1. The summed E-state index contributed by atoms with van der Waals surface area (Å²) in [6.45, 7) is 0.697. The lowest BCUT2D eigenvalue weighted by molar-refractivity contribution is -0.137. The average Bonchev–Trinajstić information content (AvgIpc) is 2.90. The molecule has 0 unspecified atom stereocenters. The highest BCUT2D eigenvalue weighted by molar-refractivity contribution is 9.10. The van der Waals surface area contributed by atoms with Crippen LogP contribution in [-0.2, 0) is 14.3 Å². The normalized spacial score (nSPS) is 19.2. The lowest BCUT2D eigenvalue weighted by Gasteiger charge is -2.19. The van der Waals surface area contributed by atoms with Crippen molar-refractivity contribution in [3.63, 3.8) is 0 Å². The van der Waals surface area contributed by atoms with E-state index >= 15 is 0 Å². The summed E-state index contributed by atoms with van der Waals surface area (Å²) in [7, 11) is 0. The Balaban J connectivity index is 2.01. The van der Waals surface area contributed by atoms with E-state index in [9.17, 15) is 9.59 Å². The van der Waals surface area contributed by atoms with Crippen LogP contribution >= 0.6 is 15.9 Å². The van der Waals surface area contributed by atoms with Gasteiger partial charge in [0.1, 0.15) is 0 Å². The van der Waals surface area contributed by atoms with Gasteiger partial charge in [0.15, 0.2) is 0 Å². The quantitative estimate of drug-likeness (QED) is 0.822. The van der Waals surface area contributed by atoms with Gasteiger partial charge in [-0.05, 0) is 30.5 Å². The summed E-state index contributed by atoms with van der Waals surface area (Å²) >= 11 is 3.35. The highest BCUT2D eigenvalue weighted by Crippen LogP contribution is 2.22. The number of amides is 1. The van der Waals surface area contributed by atoms with Crippen LogP contribution in [0.2, 0.25) is 0 Å². The first-order valence-corrected chi connectivity index (χ1v) is 7.72. The van der Waals surface area contributed by atoms with E-state index in [0.29, 0.717) is 6.61 Å². The minimum Gasteiger partial charge on any atom is -0.481 e. The van der Waals surface area contributed by atoms with Crippen LogP contribution in [0, 0.1) is 0 Å². The van der Waals surface area contributed by atoms with Gasteiger partial charge in [0.25, 0.3) is 0 Å². The molecule has 2 N–H and O–H groups in total. The highest BCUT2D eigenvalue weighted by atomic mass is 79.9. The van der Waals surface area contributed by atoms with Crippen LogP contribution < -0.4 is 5.32 Å². The largest absolute Gasteiger partial charge is 0.481 e. The molecule has 0 bridgehead atoms. The standard InChI is InChI=1S/C15H18BrNO4/c16-11-4-1-3-10(7-11)13(9-15(19)20)17-14(18)8-12-5-2-6-21-12/h1,3-4,7,12-13H,2,5-6,8-9H2,(H,17,18)(H,19,20)/t12-,13+/m0/s1. The first-order chi connectivity index (χ1) is 10.0.